The fourth-order valence-corrected chi connectivity index (χ4v) is 6.88. The van der Waals surface area contributed by atoms with Gasteiger partial charge in [-0.1, -0.05) is 19.1 Å². The van der Waals surface area contributed by atoms with Gasteiger partial charge in [0.1, 0.15) is 17.2 Å². The molecule has 1 aliphatic rings. The number of hydrogen-bond acceptors (Lipinski definition) is 9. The van der Waals surface area contributed by atoms with E-state index in [9.17, 15) is 18.3 Å². The minimum Gasteiger partial charge on any atom is -0.497 e. The summed E-state index contributed by atoms with van der Waals surface area (Å²) in [6.07, 6.45) is 2.08. The molecule has 0 aliphatic carbocycles. The van der Waals surface area contributed by atoms with Crippen LogP contribution < -0.4 is 18.9 Å². The number of anilines is 1. The first-order valence-corrected chi connectivity index (χ1v) is 18.2. The van der Waals surface area contributed by atoms with Gasteiger partial charge in [0.15, 0.2) is 0 Å². The van der Waals surface area contributed by atoms with Crippen LogP contribution >= 0.6 is 0 Å². The molecule has 0 unspecified atom stereocenters. The predicted octanol–water partition coefficient (Wildman–Crippen LogP) is 5.43. The van der Waals surface area contributed by atoms with E-state index < -0.39 is 16.1 Å². The average Bonchev–Trinajstić information content (AvgIpc) is 3.09. The summed E-state index contributed by atoms with van der Waals surface area (Å²) in [5, 5.41) is 10.3. The first kappa shape index (κ1) is 38.0. The third kappa shape index (κ3) is 10.6. The molecule has 268 valence electrons. The molecule has 0 bridgehead atoms. The molecule has 0 saturated carbocycles. The molecule has 3 aromatic carbocycles. The molecule has 4 rings (SSSR count). The van der Waals surface area contributed by atoms with Crippen molar-refractivity contribution >= 4 is 21.6 Å². The lowest BCUT2D eigenvalue weighted by molar-refractivity contribution is -0.0177. The van der Waals surface area contributed by atoms with Crippen LogP contribution in [0.1, 0.15) is 56.0 Å². The molecule has 0 aromatic heterocycles. The average molecular weight is 698 g/mol. The topological polar surface area (TPSA) is 127 Å². The van der Waals surface area contributed by atoms with Crippen molar-refractivity contribution in [2.75, 3.05) is 52.3 Å². The van der Waals surface area contributed by atoms with Gasteiger partial charge in [-0.05, 0) is 100 Å². The molecule has 0 spiro atoms. The SMILES string of the molecule is COc1ccc(CN(C)C[C@@H]2OCCCC[C@H](C)Oc3ccc(NS(=O)(=O)c4ccc(OC)cc4)cc3C(=O)N([C@H](C)CO)C[C@@H]2C)cc1. The number of carbonyl (C=O) groups excluding carboxylic acids is 1. The van der Waals surface area contributed by atoms with Crippen LogP contribution in [0.25, 0.3) is 0 Å². The van der Waals surface area contributed by atoms with Crippen LogP contribution in [0, 0.1) is 5.92 Å². The molecule has 11 nitrogen and oxygen atoms in total. The number of aliphatic hydroxyl groups is 1. The number of nitrogens with one attached hydrogen (secondary N) is 1. The number of sulfonamides is 1. The number of nitrogens with zero attached hydrogens (tertiary/aromatic N) is 2. The number of hydrogen-bond donors (Lipinski definition) is 2. The lowest BCUT2D eigenvalue weighted by Gasteiger charge is -2.36. The molecule has 12 heteroatoms. The Morgan fingerprint density at radius 1 is 1.00 bits per heavy atom. The second kappa shape index (κ2) is 17.7. The Bertz CT molecular complexity index is 1600. The quantitative estimate of drug-likeness (QED) is 0.270. The lowest BCUT2D eigenvalue weighted by atomic mass is 10.0. The van der Waals surface area contributed by atoms with Gasteiger partial charge >= 0.3 is 0 Å². The number of carbonyl (C=O) groups is 1. The van der Waals surface area contributed by atoms with Crippen molar-refractivity contribution in [1.82, 2.24) is 9.80 Å². The largest absolute Gasteiger partial charge is 0.497 e. The zero-order chi connectivity index (χ0) is 35.6. The van der Waals surface area contributed by atoms with Gasteiger partial charge in [0, 0.05) is 37.8 Å². The van der Waals surface area contributed by atoms with Gasteiger partial charge in [-0.15, -0.1) is 0 Å². The standard InChI is InChI=1S/C37H51N3O8S/c1-26-22-40(27(2)25-41)37(42)34-21-30(38-49(43,44)33-17-15-32(46-6)16-18-33)12-19-35(34)48-28(3)9-7-8-20-47-36(26)24-39(4)23-29-10-13-31(45-5)14-11-29/h10-19,21,26-28,36,38,41H,7-9,20,22-25H2,1-6H3/t26-,27+,28-,36-/m0/s1. The van der Waals surface area contributed by atoms with Gasteiger partial charge in [-0.2, -0.15) is 0 Å². The van der Waals surface area contributed by atoms with E-state index in [1.807, 2.05) is 31.2 Å². The number of benzene rings is 3. The van der Waals surface area contributed by atoms with E-state index in [1.165, 1.54) is 25.3 Å². The minimum atomic E-state index is -3.97. The lowest BCUT2D eigenvalue weighted by Crippen LogP contribution is -2.47. The van der Waals surface area contributed by atoms with Gasteiger partial charge < -0.3 is 29.0 Å². The van der Waals surface area contributed by atoms with Crippen LogP contribution in [0.4, 0.5) is 5.69 Å². The Morgan fingerprint density at radius 3 is 2.29 bits per heavy atom. The maximum Gasteiger partial charge on any atom is 0.261 e. The molecule has 49 heavy (non-hydrogen) atoms. The first-order chi connectivity index (χ1) is 23.4. The molecular weight excluding hydrogens is 646 g/mol. The van der Waals surface area contributed by atoms with Crippen molar-refractivity contribution in [3.05, 3.63) is 77.9 Å². The fraction of sp³-hybridized carbons (Fsp3) is 0.486. The Morgan fingerprint density at radius 2 is 1.65 bits per heavy atom. The van der Waals surface area contributed by atoms with E-state index in [-0.39, 0.29) is 46.8 Å². The number of amides is 1. The maximum atomic E-state index is 14.4. The number of fused-ring (bicyclic) bond motifs is 1. The van der Waals surface area contributed by atoms with Crippen molar-refractivity contribution in [1.29, 1.82) is 0 Å². The molecule has 0 radical (unpaired) electrons. The maximum absolute atomic E-state index is 14.4. The Balaban J connectivity index is 1.62. The molecule has 0 saturated heterocycles. The van der Waals surface area contributed by atoms with Crippen LogP contribution in [0.2, 0.25) is 0 Å². The number of rotatable bonds is 11. The second-order valence-corrected chi connectivity index (χ2v) is 14.5. The van der Waals surface area contributed by atoms with Crippen LogP contribution in [-0.4, -0.2) is 95.1 Å². The van der Waals surface area contributed by atoms with Crippen LogP contribution in [-0.2, 0) is 21.3 Å². The van der Waals surface area contributed by atoms with Gasteiger partial charge in [0.2, 0.25) is 0 Å². The van der Waals surface area contributed by atoms with E-state index in [1.54, 1.807) is 43.2 Å². The normalized spacial score (nSPS) is 20.1. The molecule has 1 amide bonds. The van der Waals surface area contributed by atoms with Crippen molar-refractivity contribution in [2.24, 2.45) is 5.92 Å². The van der Waals surface area contributed by atoms with E-state index in [4.69, 9.17) is 18.9 Å². The Hall–Kier alpha value is -3.84. The predicted molar refractivity (Wildman–Crippen MR) is 190 cm³/mol. The summed E-state index contributed by atoms with van der Waals surface area (Å²) in [4.78, 5) is 18.3. The summed E-state index contributed by atoms with van der Waals surface area (Å²) in [5.74, 6) is 1.23. The van der Waals surface area contributed by atoms with E-state index >= 15 is 0 Å². The summed E-state index contributed by atoms with van der Waals surface area (Å²) < 4.78 is 52.4. The van der Waals surface area contributed by atoms with Crippen LogP contribution in [0.5, 0.6) is 17.2 Å². The third-order valence-corrected chi connectivity index (χ3v) is 10.2. The summed E-state index contributed by atoms with van der Waals surface area (Å²) >= 11 is 0. The van der Waals surface area contributed by atoms with Crippen molar-refractivity contribution < 1.29 is 37.3 Å². The zero-order valence-corrected chi connectivity index (χ0v) is 30.2. The molecule has 3 aromatic rings. The summed E-state index contributed by atoms with van der Waals surface area (Å²) in [5.41, 5.74) is 1.57. The van der Waals surface area contributed by atoms with Gasteiger partial charge in [-0.25, -0.2) is 8.42 Å². The summed E-state index contributed by atoms with van der Waals surface area (Å²) in [6, 6.07) is 18.2. The molecular formula is C37H51N3O8S. The van der Waals surface area contributed by atoms with Crippen LogP contribution in [0.15, 0.2) is 71.6 Å². The van der Waals surface area contributed by atoms with E-state index in [2.05, 4.69) is 23.6 Å². The second-order valence-electron chi connectivity index (χ2n) is 12.8. The Labute approximate surface area is 291 Å². The minimum absolute atomic E-state index is 0.0527. The highest BCUT2D eigenvalue weighted by Crippen LogP contribution is 2.30. The Kier molecular flexibility index (Phi) is 13.7. The monoisotopic (exact) mass is 697 g/mol. The highest BCUT2D eigenvalue weighted by atomic mass is 32.2. The van der Waals surface area contributed by atoms with Crippen molar-refractivity contribution in [3.63, 3.8) is 0 Å². The number of likely N-dealkylation sites (N-methyl/N-ethyl adjacent to an activating group) is 1. The highest BCUT2D eigenvalue weighted by molar-refractivity contribution is 7.92. The zero-order valence-electron chi connectivity index (χ0n) is 29.4. The first-order valence-electron chi connectivity index (χ1n) is 16.8. The third-order valence-electron chi connectivity index (χ3n) is 8.78. The number of ether oxygens (including phenoxy) is 4. The highest BCUT2D eigenvalue weighted by Gasteiger charge is 2.31. The van der Waals surface area contributed by atoms with Gasteiger partial charge in [0.25, 0.3) is 15.9 Å². The molecule has 4 atom stereocenters. The smallest absolute Gasteiger partial charge is 0.261 e. The van der Waals surface area contributed by atoms with Crippen molar-refractivity contribution in [3.8, 4) is 17.2 Å². The summed E-state index contributed by atoms with van der Waals surface area (Å²) in [7, 11) is 1.24. The van der Waals surface area contributed by atoms with E-state index in [0.717, 1.165) is 30.6 Å². The van der Waals surface area contributed by atoms with Crippen LogP contribution in [0.3, 0.4) is 0 Å². The van der Waals surface area contributed by atoms with Gasteiger partial charge in [-0.3, -0.25) is 14.4 Å². The molecule has 1 aliphatic heterocycles. The number of methoxy groups -OCH3 is 2. The molecule has 2 N–H and O–H groups in total. The fourth-order valence-electron chi connectivity index (χ4n) is 5.83. The summed E-state index contributed by atoms with van der Waals surface area (Å²) in [6.45, 7) is 7.78. The van der Waals surface area contributed by atoms with E-state index in [0.29, 0.717) is 37.7 Å². The molecule has 0 fully saturated rings. The number of aliphatic hydroxyl groups excluding tert-OH is 1. The molecule has 1 heterocycles. The van der Waals surface area contributed by atoms with Crippen molar-refractivity contribution in [2.45, 2.75) is 69.7 Å². The van der Waals surface area contributed by atoms with Gasteiger partial charge in [0.05, 0.1) is 49.5 Å².